The van der Waals surface area contributed by atoms with Crippen LogP contribution in [0.25, 0.3) is 0 Å². The molecule has 13 heavy (non-hydrogen) atoms. The highest BCUT2D eigenvalue weighted by Crippen LogP contribution is 2.39. The third kappa shape index (κ3) is 3.46. The molecule has 0 aromatic heterocycles. The SMILES string of the molecule is C[S+]([O-])N[S+]([O-])C(F)(F)C(F)(F)F. The van der Waals surface area contributed by atoms with Gasteiger partial charge in [0.1, 0.15) is 6.26 Å². The summed E-state index contributed by atoms with van der Waals surface area (Å²) in [6.07, 6.45) is -5.14. The van der Waals surface area contributed by atoms with Gasteiger partial charge in [-0.1, -0.05) is 0 Å². The second kappa shape index (κ2) is 4.17. The van der Waals surface area contributed by atoms with Crippen molar-refractivity contribution in [3.63, 3.8) is 0 Å². The van der Waals surface area contributed by atoms with Gasteiger partial charge < -0.3 is 9.11 Å². The Labute approximate surface area is 76.3 Å². The molecular weight excluding hydrogens is 241 g/mol. The highest BCUT2D eigenvalue weighted by molar-refractivity contribution is 8.04. The van der Waals surface area contributed by atoms with Gasteiger partial charge in [0.2, 0.25) is 0 Å². The highest BCUT2D eigenvalue weighted by atomic mass is 32.3. The molecule has 0 aliphatic heterocycles. The van der Waals surface area contributed by atoms with E-state index in [1.165, 1.54) is 0 Å². The van der Waals surface area contributed by atoms with Crippen molar-refractivity contribution >= 4 is 22.7 Å². The van der Waals surface area contributed by atoms with E-state index in [-0.39, 0.29) is 0 Å². The maximum Gasteiger partial charge on any atom is 0.528 e. The summed E-state index contributed by atoms with van der Waals surface area (Å²) in [5.74, 6) is 0. The third-order valence-corrected chi connectivity index (χ3v) is 3.00. The molecule has 0 rings (SSSR count). The lowest BCUT2D eigenvalue weighted by Crippen LogP contribution is -2.51. The van der Waals surface area contributed by atoms with Gasteiger partial charge in [0.05, 0.1) is 11.4 Å². The van der Waals surface area contributed by atoms with Crippen molar-refractivity contribution in [1.29, 1.82) is 0 Å². The zero-order valence-electron chi connectivity index (χ0n) is 6.02. The maximum atomic E-state index is 12.1. The van der Waals surface area contributed by atoms with Crippen LogP contribution in [-0.2, 0) is 22.7 Å². The molecule has 0 amide bonds. The molecule has 3 nitrogen and oxygen atoms in total. The summed E-state index contributed by atoms with van der Waals surface area (Å²) in [4.78, 5) is 0. The molecule has 0 aliphatic rings. The molecule has 10 heteroatoms. The number of nitrogens with one attached hydrogen (secondary N) is 1. The number of hydrogen-bond acceptors (Lipinski definition) is 3. The lowest BCUT2D eigenvalue weighted by Gasteiger charge is -2.20. The molecule has 0 aromatic rings. The molecule has 0 radical (unpaired) electrons. The summed E-state index contributed by atoms with van der Waals surface area (Å²) in [5, 5.41) is -5.40. The molecule has 0 heterocycles. The molecule has 0 aromatic carbocycles. The minimum absolute atomic E-state index is 0.782. The van der Waals surface area contributed by atoms with Crippen LogP contribution in [-0.4, -0.2) is 26.8 Å². The van der Waals surface area contributed by atoms with Crippen LogP contribution in [0.1, 0.15) is 0 Å². The second-order valence-corrected chi connectivity index (χ2v) is 4.45. The normalized spacial score (nSPS) is 18.5. The lowest BCUT2D eigenvalue weighted by molar-refractivity contribution is -0.241. The summed E-state index contributed by atoms with van der Waals surface area (Å²) in [6.45, 7) is 0. The molecule has 1 N–H and O–H groups in total. The molecular formula is C3H4F5NO2S2. The Morgan fingerprint density at radius 2 is 1.46 bits per heavy atom. The van der Waals surface area contributed by atoms with Crippen LogP contribution in [0.2, 0.25) is 0 Å². The third-order valence-electron chi connectivity index (χ3n) is 0.756. The Kier molecular flexibility index (Phi) is 4.24. The van der Waals surface area contributed by atoms with Crippen LogP contribution in [0.5, 0.6) is 0 Å². The number of halogens is 5. The van der Waals surface area contributed by atoms with E-state index in [2.05, 4.69) is 0 Å². The fourth-order valence-corrected chi connectivity index (χ4v) is 1.75. The molecule has 0 fully saturated rings. The average molecular weight is 245 g/mol. The fourth-order valence-electron chi connectivity index (χ4n) is 0.264. The predicted molar refractivity (Wildman–Crippen MR) is 36.3 cm³/mol. The van der Waals surface area contributed by atoms with E-state index in [4.69, 9.17) is 0 Å². The first-order valence-corrected chi connectivity index (χ1v) is 5.26. The zero-order chi connectivity index (χ0) is 10.9. The van der Waals surface area contributed by atoms with Gasteiger partial charge in [0.25, 0.3) is 0 Å². The van der Waals surface area contributed by atoms with Crippen molar-refractivity contribution in [3.05, 3.63) is 0 Å². The first-order chi connectivity index (χ1) is 5.59. The van der Waals surface area contributed by atoms with Crippen molar-refractivity contribution in [1.82, 2.24) is 4.13 Å². The molecule has 80 valence electrons. The van der Waals surface area contributed by atoms with Crippen molar-refractivity contribution in [2.45, 2.75) is 11.4 Å². The summed E-state index contributed by atoms with van der Waals surface area (Å²) in [6, 6.07) is 0. The van der Waals surface area contributed by atoms with E-state index in [0.29, 0.717) is 0 Å². The van der Waals surface area contributed by atoms with Crippen LogP contribution in [0, 0.1) is 0 Å². The van der Waals surface area contributed by atoms with Gasteiger partial charge in [-0.3, -0.25) is 0 Å². The van der Waals surface area contributed by atoms with Crippen molar-refractivity contribution in [3.8, 4) is 0 Å². The van der Waals surface area contributed by atoms with Crippen molar-refractivity contribution in [2.24, 2.45) is 0 Å². The Bertz CT molecular complexity index is 174. The lowest BCUT2D eigenvalue weighted by atomic mass is 10.7. The van der Waals surface area contributed by atoms with Crippen LogP contribution in [0.15, 0.2) is 0 Å². The van der Waals surface area contributed by atoms with E-state index in [0.717, 1.165) is 10.4 Å². The van der Waals surface area contributed by atoms with Gasteiger partial charge in [-0.15, -0.1) is 8.78 Å². The average Bonchev–Trinajstić information content (AvgIpc) is 1.82. The Balaban J connectivity index is 4.45. The Morgan fingerprint density at radius 3 is 1.69 bits per heavy atom. The molecule has 0 saturated carbocycles. The standard InChI is InChI=1S/C3H4F5NO2S2/c1-12(10)9-13(11)3(7,8)2(4,5)6/h9H,1H3. The van der Waals surface area contributed by atoms with Crippen LogP contribution >= 0.6 is 0 Å². The van der Waals surface area contributed by atoms with Gasteiger partial charge in [0, 0.05) is 4.13 Å². The molecule has 0 spiro atoms. The summed E-state index contributed by atoms with van der Waals surface area (Å²) < 4.78 is 79.9. The van der Waals surface area contributed by atoms with E-state index >= 15 is 0 Å². The quantitative estimate of drug-likeness (QED) is 0.588. The van der Waals surface area contributed by atoms with Crippen LogP contribution < -0.4 is 4.13 Å². The van der Waals surface area contributed by atoms with Gasteiger partial charge in [-0.05, 0) is 0 Å². The summed E-state index contributed by atoms with van der Waals surface area (Å²) in [5.41, 5.74) is 0. The molecule has 0 saturated heterocycles. The van der Waals surface area contributed by atoms with Gasteiger partial charge in [-0.2, -0.15) is 13.2 Å². The smallest absolute Gasteiger partial charge is 0.528 e. The van der Waals surface area contributed by atoms with E-state index in [9.17, 15) is 31.1 Å². The number of hydrogen-bond donors (Lipinski definition) is 1. The van der Waals surface area contributed by atoms with Gasteiger partial charge in [0.15, 0.2) is 11.4 Å². The van der Waals surface area contributed by atoms with Crippen LogP contribution in [0.4, 0.5) is 22.0 Å². The second-order valence-electron chi connectivity index (χ2n) is 1.82. The number of rotatable bonds is 3. The zero-order valence-corrected chi connectivity index (χ0v) is 7.66. The Hall–Kier alpha value is 0.230. The highest BCUT2D eigenvalue weighted by Gasteiger charge is 2.70. The van der Waals surface area contributed by atoms with Crippen molar-refractivity contribution < 1.29 is 31.1 Å². The predicted octanol–water partition coefficient (Wildman–Crippen LogP) is 0.688. The van der Waals surface area contributed by atoms with E-state index in [1.807, 2.05) is 0 Å². The van der Waals surface area contributed by atoms with Crippen molar-refractivity contribution in [2.75, 3.05) is 6.26 Å². The van der Waals surface area contributed by atoms with E-state index in [1.54, 1.807) is 0 Å². The Morgan fingerprint density at radius 1 is 1.08 bits per heavy atom. The first-order valence-electron chi connectivity index (χ1n) is 2.55. The molecule has 2 atom stereocenters. The topological polar surface area (TPSA) is 58.1 Å². The van der Waals surface area contributed by atoms with Gasteiger partial charge >= 0.3 is 11.4 Å². The summed E-state index contributed by atoms with van der Waals surface area (Å²) >= 11 is -5.95. The van der Waals surface area contributed by atoms with E-state index < -0.39 is 34.2 Å². The number of alkyl halides is 5. The maximum absolute atomic E-state index is 12.1. The molecule has 0 bridgehead atoms. The molecule has 0 aliphatic carbocycles. The summed E-state index contributed by atoms with van der Waals surface area (Å²) in [7, 11) is 0. The van der Waals surface area contributed by atoms with Gasteiger partial charge in [-0.25, -0.2) is 0 Å². The van der Waals surface area contributed by atoms with Crippen LogP contribution in [0.3, 0.4) is 0 Å². The fraction of sp³-hybridized carbons (Fsp3) is 1.00. The largest absolute Gasteiger partial charge is 0.595 e. The molecule has 2 unspecified atom stereocenters. The monoisotopic (exact) mass is 245 g/mol. The minimum atomic E-state index is -5.93. The first kappa shape index (κ1) is 13.2. The minimum Gasteiger partial charge on any atom is -0.595 e.